The van der Waals surface area contributed by atoms with E-state index in [0.717, 1.165) is 12.0 Å². The molecular formula is C22H36O12. The Balaban J connectivity index is 2.09. The van der Waals surface area contributed by atoms with Crippen LogP contribution >= 0.6 is 0 Å². The van der Waals surface area contributed by atoms with Crippen molar-refractivity contribution in [3.05, 3.63) is 23.8 Å². The number of carbonyl (C=O) groups is 1. The van der Waals surface area contributed by atoms with Gasteiger partial charge in [-0.25, -0.2) is 4.79 Å². The van der Waals surface area contributed by atoms with Crippen LogP contribution in [0.25, 0.3) is 0 Å². The van der Waals surface area contributed by atoms with E-state index >= 15 is 0 Å². The Morgan fingerprint density at radius 3 is 2.21 bits per heavy atom. The number of aliphatic carboxylic acids is 1. The van der Waals surface area contributed by atoms with Gasteiger partial charge in [-0.2, -0.15) is 0 Å². The Kier molecular flexibility index (Phi) is 11.0. The van der Waals surface area contributed by atoms with Gasteiger partial charge in [0.2, 0.25) is 0 Å². The molecule has 0 amide bonds. The zero-order valence-corrected chi connectivity index (χ0v) is 19.3. The molecule has 2 aliphatic rings. The van der Waals surface area contributed by atoms with E-state index in [1.54, 1.807) is 0 Å². The number of carboxylic acids is 1. The smallest absolute Gasteiger partial charge is 0.335 e. The van der Waals surface area contributed by atoms with E-state index in [1.165, 1.54) is 5.57 Å². The molecule has 7 N–H and O–H groups in total. The monoisotopic (exact) mass is 492 g/mol. The summed E-state index contributed by atoms with van der Waals surface area (Å²) in [5.41, 5.74) is 2.05. The third-order valence-electron chi connectivity index (χ3n) is 5.72. The largest absolute Gasteiger partial charge is 0.479 e. The number of aliphatic hydroxyl groups is 6. The van der Waals surface area contributed by atoms with E-state index in [1.807, 2.05) is 13.8 Å². The summed E-state index contributed by atoms with van der Waals surface area (Å²) in [6.45, 7) is 7.27. The maximum atomic E-state index is 11.5. The van der Waals surface area contributed by atoms with Crippen LogP contribution in [0.5, 0.6) is 0 Å². The van der Waals surface area contributed by atoms with Crippen LogP contribution < -0.4 is 0 Å². The minimum absolute atomic E-state index is 0.0298. The normalized spacial score (nSPS) is 38.4. The number of ether oxygens (including phenoxy) is 4. The third-order valence-corrected chi connectivity index (χ3v) is 5.72. The predicted octanol–water partition coefficient (Wildman–Crippen LogP) is -1.59. The van der Waals surface area contributed by atoms with Gasteiger partial charge in [-0.1, -0.05) is 23.8 Å². The summed E-state index contributed by atoms with van der Waals surface area (Å²) < 4.78 is 21.7. The first-order valence-corrected chi connectivity index (χ1v) is 11.1. The van der Waals surface area contributed by atoms with Crippen molar-refractivity contribution in [3.8, 4) is 0 Å². The van der Waals surface area contributed by atoms with Crippen molar-refractivity contribution < 1.29 is 59.5 Å². The summed E-state index contributed by atoms with van der Waals surface area (Å²) in [6, 6.07) is 0. The summed E-state index contributed by atoms with van der Waals surface area (Å²) in [4.78, 5) is 11.5. The highest BCUT2D eigenvalue weighted by molar-refractivity contribution is 5.73. The average Bonchev–Trinajstić information content (AvgIpc) is 2.77. The maximum absolute atomic E-state index is 11.5. The second kappa shape index (κ2) is 13.0. The van der Waals surface area contributed by atoms with Crippen LogP contribution in [0.2, 0.25) is 0 Å². The van der Waals surface area contributed by atoms with Crippen LogP contribution in [0.3, 0.4) is 0 Å². The zero-order chi connectivity index (χ0) is 25.6. The van der Waals surface area contributed by atoms with Gasteiger partial charge in [0.25, 0.3) is 0 Å². The first kappa shape index (κ1) is 28.8. The van der Waals surface area contributed by atoms with Gasteiger partial charge in [0.1, 0.15) is 42.7 Å². The molecule has 34 heavy (non-hydrogen) atoms. The van der Waals surface area contributed by atoms with E-state index in [9.17, 15) is 40.5 Å². The second-order valence-corrected chi connectivity index (χ2v) is 8.73. The standard InChI is InChI=1S/C22H36O12/c1-10(2)5-4-6-11(3)7-8-31-22-19(16(27)15(26)18(33-22)20(29)30)34-21-17(28)14(25)13(24)12(9-23)32-21/h5,12-19,21-28H,3-4,6-9H2,1-2H3,(H,29,30)/t12-,13-,14+,15+,16+,17-,18+,19-,21+,22-/m1/s1. The Bertz CT molecular complexity index is 706. The molecule has 196 valence electrons. The summed E-state index contributed by atoms with van der Waals surface area (Å²) in [5, 5.41) is 69.5. The quantitative estimate of drug-likeness (QED) is 0.164. The van der Waals surface area contributed by atoms with Crippen LogP contribution in [0.15, 0.2) is 23.8 Å². The highest BCUT2D eigenvalue weighted by Gasteiger charge is 2.52. The molecule has 2 fully saturated rings. The summed E-state index contributed by atoms with van der Waals surface area (Å²) in [6.07, 6.45) is -12.7. The molecule has 0 aliphatic carbocycles. The van der Waals surface area contributed by atoms with Crippen molar-refractivity contribution in [1.29, 1.82) is 0 Å². The Morgan fingerprint density at radius 2 is 1.62 bits per heavy atom. The van der Waals surface area contributed by atoms with Crippen LogP contribution in [-0.2, 0) is 23.7 Å². The summed E-state index contributed by atoms with van der Waals surface area (Å²) in [7, 11) is 0. The molecule has 0 aromatic rings. The lowest BCUT2D eigenvalue weighted by atomic mass is 9.97. The van der Waals surface area contributed by atoms with Crippen molar-refractivity contribution in [2.75, 3.05) is 13.2 Å². The SMILES string of the molecule is C=C(CCC=C(C)C)CCO[C@@H]1O[C@H](C(=O)O)[C@@H](O)[C@H](O)[C@H]1O[C@@H]1O[C@H](CO)[C@@H](O)[C@H](O)[C@H]1O. The molecule has 12 nitrogen and oxygen atoms in total. The molecule has 0 spiro atoms. The topological polar surface area (TPSA) is 196 Å². The average molecular weight is 493 g/mol. The number of aliphatic hydroxyl groups excluding tert-OH is 6. The first-order chi connectivity index (χ1) is 16.0. The van der Waals surface area contributed by atoms with Crippen molar-refractivity contribution in [1.82, 2.24) is 0 Å². The third kappa shape index (κ3) is 7.28. The lowest BCUT2D eigenvalue weighted by Gasteiger charge is -2.45. The molecule has 0 unspecified atom stereocenters. The van der Waals surface area contributed by atoms with Crippen LogP contribution in [0.4, 0.5) is 0 Å². The van der Waals surface area contributed by atoms with E-state index in [2.05, 4.69) is 12.7 Å². The molecule has 10 atom stereocenters. The molecule has 2 saturated heterocycles. The number of hydrogen-bond donors (Lipinski definition) is 7. The number of rotatable bonds is 11. The van der Waals surface area contributed by atoms with Crippen molar-refractivity contribution in [3.63, 3.8) is 0 Å². The molecule has 0 radical (unpaired) electrons. The molecule has 0 bridgehead atoms. The van der Waals surface area contributed by atoms with Gasteiger partial charge in [0.15, 0.2) is 18.7 Å². The van der Waals surface area contributed by atoms with Gasteiger partial charge in [-0.3, -0.25) is 0 Å². The highest BCUT2D eigenvalue weighted by atomic mass is 16.8. The molecule has 0 saturated carbocycles. The summed E-state index contributed by atoms with van der Waals surface area (Å²) in [5.74, 6) is -1.53. The van der Waals surface area contributed by atoms with Gasteiger partial charge < -0.3 is 54.7 Å². The highest BCUT2D eigenvalue weighted by Crippen LogP contribution is 2.30. The number of hydrogen-bond acceptors (Lipinski definition) is 11. The molecule has 2 aliphatic heterocycles. The second-order valence-electron chi connectivity index (χ2n) is 8.73. The van der Waals surface area contributed by atoms with Gasteiger partial charge >= 0.3 is 5.97 Å². The van der Waals surface area contributed by atoms with Crippen LogP contribution in [-0.4, -0.2) is 116 Å². The minimum atomic E-state index is -1.90. The Morgan fingerprint density at radius 1 is 0.941 bits per heavy atom. The first-order valence-electron chi connectivity index (χ1n) is 11.1. The molecular weight excluding hydrogens is 456 g/mol. The van der Waals surface area contributed by atoms with Crippen molar-refractivity contribution in [2.24, 2.45) is 0 Å². The molecule has 2 heterocycles. The number of carboxylic acid groups (broad SMARTS) is 1. The molecule has 0 aromatic carbocycles. The van der Waals surface area contributed by atoms with Crippen LogP contribution in [0, 0.1) is 0 Å². The van der Waals surface area contributed by atoms with E-state index < -0.39 is 74.0 Å². The van der Waals surface area contributed by atoms with E-state index in [-0.39, 0.29) is 6.61 Å². The van der Waals surface area contributed by atoms with Gasteiger partial charge in [-0.15, -0.1) is 0 Å². The molecule has 0 aromatic heterocycles. The van der Waals surface area contributed by atoms with Crippen molar-refractivity contribution in [2.45, 2.75) is 94.5 Å². The fourth-order valence-corrected chi connectivity index (χ4v) is 3.66. The van der Waals surface area contributed by atoms with Gasteiger partial charge in [-0.05, 0) is 33.1 Å². The number of allylic oxidation sites excluding steroid dienone is 2. The molecule has 12 heteroatoms. The van der Waals surface area contributed by atoms with Gasteiger partial charge in [0.05, 0.1) is 13.2 Å². The zero-order valence-electron chi connectivity index (χ0n) is 19.3. The van der Waals surface area contributed by atoms with Gasteiger partial charge in [0, 0.05) is 0 Å². The predicted molar refractivity (Wildman–Crippen MR) is 115 cm³/mol. The lowest BCUT2D eigenvalue weighted by molar-refractivity contribution is -0.363. The summed E-state index contributed by atoms with van der Waals surface area (Å²) >= 11 is 0. The molecule has 2 rings (SSSR count). The Hall–Kier alpha value is -1.45. The van der Waals surface area contributed by atoms with E-state index in [0.29, 0.717) is 12.8 Å². The van der Waals surface area contributed by atoms with Crippen molar-refractivity contribution >= 4 is 5.97 Å². The van der Waals surface area contributed by atoms with Crippen LogP contribution in [0.1, 0.15) is 33.1 Å². The lowest BCUT2D eigenvalue weighted by Crippen LogP contribution is -2.65. The minimum Gasteiger partial charge on any atom is -0.479 e. The Labute approximate surface area is 197 Å². The van der Waals surface area contributed by atoms with E-state index in [4.69, 9.17) is 18.9 Å². The maximum Gasteiger partial charge on any atom is 0.335 e. The fraction of sp³-hybridized carbons (Fsp3) is 0.773. The fourth-order valence-electron chi connectivity index (χ4n) is 3.66.